The Morgan fingerprint density at radius 1 is 0.825 bits per heavy atom. The van der Waals surface area contributed by atoms with Gasteiger partial charge in [-0.1, -0.05) is 90.1 Å². The van der Waals surface area contributed by atoms with Crippen LogP contribution in [0.15, 0.2) is 112 Å². The molecule has 1 aromatic heterocycles. The van der Waals surface area contributed by atoms with Gasteiger partial charge in [-0.2, -0.15) is 0 Å². The predicted octanol–water partition coefficient (Wildman–Crippen LogP) is 8.25. The van der Waals surface area contributed by atoms with Crippen molar-refractivity contribution in [3.05, 3.63) is 128 Å². The molecule has 0 saturated carbocycles. The summed E-state index contributed by atoms with van der Waals surface area (Å²) in [7, 11) is 1.87. The van der Waals surface area contributed by atoms with Crippen molar-refractivity contribution in [1.82, 2.24) is 9.36 Å². The van der Waals surface area contributed by atoms with Crippen LogP contribution in [-0.2, 0) is 7.05 Å². The molecule has 0 aliphatic rings. The standard InChI is InChI=1S/C31H23ClN4O3S/c1-19-28(31(37)35(34(19)2)20-10-4-3-5-11-20)33-29-22-12-6-8-14-24(22)30(25-15-9-7-13-23(25)29)40-21-16-17-26(32)27(18-21)36(38)39/h3-18,33H,1-2H3. The quantitative estimate of drug-likeness (QED) is 0.125. The fraction of sp³-hybridized carbons (Fsp3) is 0.0645. The van der Waals surface area contributed by atoms with Crippen LogP contribution in [0.4, 0.5) is 17.1 Å². The molecule has 0 radical (unpaired) electrons. The molecule has 0 amide bonds. The van der Waals surface area contributed by atoms with Crippen molar-refractivity contribution in [3.63, 3.8) is 0 Å². The number of aromatic nitrogens is 2. The van der Waals surface area contributed by atoms with Crippen molar-refractivity contribution in [3.8, 4) is 5.69 Å². The molecule has 0 saturated heterocycles. The molecule has 0 aliphatic carbocycles. The van der Waals surface area contributed by atoms with Crippen LogP contribution in [0, 0.1) is 17.0 Å². The highest BCUT2D eigenvalue weighted by Gasteiger charge is 2.21. The molecule has 1 N–H and O–H groups in total. The summed E-state index contributed by atoms with van der Waals surface area (Å²) in [6.45, 7) is 1.92. The molecule has 5 aromatic carbocycles. The van der Waals surface area contributed by atoms with Gasteiger partial charge in [0, 0.05) is 33.7 Å². The van der Waals surface area contributed by atoms with Gasteiger partial charge in [0.1, 0.15) is 10.7 Å². The van der Waals surface area contributed by atoms with E-state index < -0.39 is 4.92 Å². The largest absolute Gasteiger partial charge is 0.348 e. The fourth-order valence-corrected chi connectivity index (χ4v) is 6.29. The summed E-state index contributed by atoms with van der Waals surface area (Å²) in [5.41, 5.74) is 2.62. The maximum atomic E-state index is 13.7. The second-order valence-corrected chi connectivity index (χ2v) is 10.8. The van der Waals surface area contributed by atoms with E-state index in [0.29, 0.717) is 10.6 Å². The number of nitrogens with one attached hydrogen (secondary N) is 1. The molecule has 1 heterocycles. The molecule has 7 nitrogen and oxygen atoms in total. The number of fused-ring (bicyclic) bond motifs is 2. The lowest BCUT2D eigenvalue weighted by atomic mass is 10.0. The molecule has 0 unspecified atom stereocenters. The van der Waals surface area contributed by atoms with E-state index in [1.807, 2.05) is 97.5 Å². The van der Waals surface area contributed by atoms with Crippen LogP contribution in [0.5, 0.6) is 0 Å². The van der Waals surface area contributed by atoms with E-state index in [4.69, 9.17) is 11.6 Å². The number of hydrogen-bond donors (Lipinski definition) is 1. The number of nitro benzene ring substituents is 1. The Balaban J connectivity index is 1.55. The van der Waals surface area contributed by atoms with Gasteiger partial charge in [-0.3, -0.25) is 19.6 Å². The Labute approximate surface area is 238 Å². The number of benzene rings is 5. The first-order valence-corrected chi connectivity index (χ1v) is 13.7. The third-order valence-electron chi connectivity index (χ3n) is 7.02. The first-order chi connectivity index (χ1) is 19.3. The van der Waals surface area contributed by atoms with Crippen LogP contribution in [-0.4, -0.2) is 14.3 Å². The number of rotatable bonds is 6. The number of halogens is 1. The van der Waals surface area contributed by atoms with Gasteiger partial charge in [0.25, 0.3) is 11.2 Å². The van der Waals surface area contributed by atoms with Gasteiger partial charge in [0.2, 0.25) is 0 Å². The van der Waals surface area contributed by atoms with E-state index in [-0.39, 0.29) is 16.3 Å². The van der Waals surface area contributed by atoms with Gasteiger partial charge >= 0.3 is 0 Å². The average Bonchev–Trinajstić information content (AvgIpc) is 3.18. The Morgan fingerprint density at radius 3 is 2.00 bits per heavy atom. The lowest BCUT2D eigenvalue weighted by Crippen LogP contribution is -2.20. The summed E-state index contributed by atoms with van der Waals surface area (Å²) in [5.74, 6) is 0. The van der Waals surface area contributed by atoms with E-state index in [9.17, 15) is 14.9 Å². The predicted molar refractivity (Wildman–Crippen MR) is 163 cm³/mol. The van der Waals surface area contributed by atoms with Gasteiger partial charge in [-0.05, 0) is 42.0 Å². The van der Waals surface area contributed by atoms with Crippen LogP contribution in [0.3, 0.4) is 0 Å². The molecule has 198 valence electrons. The number of hydrogen-bond acceptors (Lipinski definition) is 5. The Bertz CT molecular complexity index is 1940. The third kappa shape index (κ3) is 4.31. The summed E-state index contributed by atoms with van der Waals surface area (Å²) in [6.07, 6.45) is 0. The molecule has 6 rings (SSSR count). The molecule has 40 heavy (non-hydrogen) atoms. The lowest BCUT2D eigenvalue weighted by Gasteiger charge is -2.17. The monoisotopic (exact) mass is 566 g/mol. The van der Waals surface area contributed by atoms with E-state index in [2.05, 4.69) is 5.32 Å². The SMILES string of the molecule is Cc1c(Nc2c3ccccc3c(Sc3ccc(Cl)c([N+](=O)[O-])c3)c3ccccc23)c(=O)n(-c2ccccc2)n1C. The summed E-state index contributed by atoms with van der Waals surface area (Å²) in [5, 5.41) is 18.9. The Hall–Kier alpha value is -4.53. The van der Waals surface area contributed by atoms with Gasteiger partial charge < -0.3 is 5.32 Å². The van der Waals surface area contributed by atoms with E-state index in [1.54, 1.807) is 16.8 Å². The molecule has 0 bridgehead atoms. The average molecular weight is 567 g/mol. The van der Waals surface area contributed by atoms with E-state index in [0.717, 1.165) is 43.5 Å². The molecule has 0 fully saturated rings. The van der Waals surface area contributed by atoms with Gasteiger partial charge in [0.15, 0.2) is 0 Å². The van der Waals surface area contributed by atoms with Crippen LogP contribution in [0.2, 0.25) is 5.02 Å². The molecule has 9 heteroatoms. The van der Waals surface area contributed by atoms with Crippen molar-refractivity contribution in [2.24, 2.45) is 7.05 Å². The minimum Gasteiger partial charge on any atom is -0.348 e. The highest BCUT2D eigenvalue weighted by molar-refractivity contribution is 7.99. The topological polar surface area (TPSA) is 82.1 Å². The molecular formula is C31H23ClN4O3S. The molecule has 0 atom stereocenters. The third-order valence-corrected chi connectivity index (χ3v) is 8.47. The maximum Gasteiger partial charge on any atom is 0.295 e. The van der Waals surface area contributed by atoms with Crippen molar-refractivity contribution >= 4 is 62.0 Å². The van der Waals surface area contributed by atoms with E-state index in [1.165, 1.54) is 17.8 Å². The Morgan fingerprint density at radius 2 is 1.40 bits per heavy atom. The zero-order valence-corrected chi connectivity index (χ0v) is 23.2. The molecule has 0 aliphatic heterocycles. The van der Waals surface area contributed by atoms with Crippen LogP contribution in [0.1, 0.15) is 5.69 Å². The number of nitrogens with zero attached hydrogens (tertiary/aromatic N) is 3. The number of nitro groups is 1. The van der Waals surface area contributed by atoms with Crippen molar-refractivity contribution < 1.29 is 4.92 Å². The van der Waals surface area contributed by atoms with Crippen molar-refractivity contribution in [2.45, 2.75) is 16.7 Å². The number of anilines is 2. The second-order valence-electron chi connectivity index (χ2n) is 9.33. The minimum atomic E-state index is -0.472. The normalized spacial score (nSPS) is 11.3. The van der Waals surface area contributed by atoms with Gasteiger partial charge in [0.05, 0.1) is 22.0 Å². The highest BCUT2D eigenvalue weighted by atomic mass is 35.5. The zero-order valence-electron chi connectivity index (χ0n) is 21.6. The van der Waals surface area contributed by atoms with Gasteiger partial charge in [-0.15, -0.1) is 0 Å². The molecular weight excluding hydrogens is 544 g/mol. The maximum absolute atomic E-state index is 13.7. The molecule has 0 spiro atoms. The van der Waals surface area contributed by atoms with Crippen LogP contribution >= 0.6 is 23.4 Å². The Kier molecular flexibility index (Phi) is 6.57. The smallest absolute Gasteiger partial charge is 0.295 e. The van der Waals surface area contributed by atoms with Gasteiger partial charge in [-0.25, -0.2) is 4.68 Å². The zero-order chi connectivity index (χ0) is 28.0. The first kappa shape index (κ1) is 25.7. The van der Waals surface area contributed by atoms with Crippen LogP contribution < -0.4 is 10.9 Å². The second kappa shape index (κ2) is 10.2. The summed E-state index contributed by atoms with van der Waals surface area (Å²) >= 11 is 7.52. The lowest BCUT2D eigenvalue weighted by molar-refractivity contribution is -0.384. The van der Waals surface area contributed by atoms with Crippen molar-refractivity contribution in [1.29, 1.82) is 0 Å². The summed E-state index contributed by atoms with van der Waals surface area (Å²) in [4.78, 5) is 26.4. The first-order valence-electron chi connectivity index (χ1n) is 12.5. The number of para-hydroxylation sites is 1. The molecule has 6 aromatic rings. The highest BCUT2D eigenvalue weighted by Crippen LogP contribution is 2.45. The minimum absolute atomic E-state index is 0.100. The summed E-state index contributed by atoms with van der Waals surface area (Å²) in [6, 6.07) is 30.3. The fourth-order valence-electron chi connectivity index (χ4n) is 4.98. The van der Waals surface area contributed by atoms with Crippen LogP contribution in [0.25, 0.3) is 27.2 Å². The van der Waals surface area contributed by atoms with E-state index >= 15 is 0 Å². The summed E-state index contributed by atoms with van der Waals surface area (Å²) < 4.78 is 3.50. The van der Waals surface area contributed by atoms with Crippen molar-refractivity contribution in [2.75, 3.05) is 5.32 Å².